The van der Waals surface area contributed by atoms with Crippen molar-refractivity contribution in [1.82, 2.24) is 15.5 Å². The fourth-order valence-corrected chi connectivity index (χ4v) is 3.66. The van der Waals surface area contributed by atoms with Crippen LogP contribution in [-0.4, -0.2) is 50.5 Å². The summed E-state index contributed by atoms with van der Waals surface area (Å²) >= 11 is 0. The second-order valence-corrected chi connectivity index (χ2v) is 7.82. The number of hydrogen-bond acceptors (Lipinski definition) is 2. The van der Waals surface area contributed by atoms with Crippen molar-refractivity contribution in [3.8, 4) is 0 Å². The van der Waals surface area contributed by atoms with Gasteiger partial charge in [0.05, 0.1) is 0 Å². The Bertz CT molecular complexity index is 633. The summed E-state index contributed by atoms with van der Waals surface area (Å²) in [7, 11) is 3.56. The number of halogens is 1. The van der Waals surface area contributed by atoms with Crippen LogP contribution in [0.3, 0.4) is 0 Å². The van der Waals surface area contributed by atoms with E-state index in [0.29, 0.717) is 5.92 Å². The number of hydrogen-bond donors (Lipinski definition) is 2. The summed E-state index contributed by atoms with van der Waals surface area (Å²) in [6, 6.07) is 7.88. The van der Waals surface area contributed by atoms with Gasteiger partial charge < -0.3 is 15.5 Å². The molecule has 5 nitrogen and oxygen atoms in total. The van der Waals surface area contributed by atoms with Crippen LogP contribution in [0.25, 0.3) is 0 Å². The monoisotopic (exact) mass is 500 g/mol. The largest absolute Gasteiger partial charge is 0.357 e. The summed E-state index contributed by atoms with van der Waals surface area (Å²) in [4.78, 5) is 18.5. The van der Waals surface area contributed by atoms with E-state index in [0.717, 1.165) is 49.1 Å². The summed E-state index contributed by atoms with van der Waals surface area (Å²) in [6.07, 6.45) is 6.22. The number of nitrogens with zero attached hydrogens (tertiary/aromatic N) is 2. The lowest BCUT2D eigenvalue weighted by atomic mass is 9.80. The van der Waals surface area contributed by atoms with Gasteiger partial charge in [0, 0.05) is 39.3 Å². The van der Waals surface area contributed by atoms with Crippen LogP contribution in [0.1, 0.15) is 55.5 Å². The standard InChI is InChI=1S/C22H36N4O.HI/c1-5-23-22(25-16-20-11-7-6-9-17(20)2)24-14-13-18-10-8-12-19(15-18)21(27)26(3)4;/h8,10,12,15,17,20H,5-7,9,11,13-14,16H2,1-4H3,(H2,23,24,25);1H. The van der Waals surface area contributed by atoms with Gasteiger partial charge in [0.25, 0.3) is 5.91 Å². The van der Waals surface area contributed by atoms with Crippen LogP contribution in [0.4, 0.5) is 0 Å². The van der Waals surface area contributed by atoms with Crippen LogP contribution in [-0.2, 0) is 6.42 Å². The van der Waals surface area contributed by atoms with Crippen LogP contribution < -0.4 is 10.6 Å². The number of benzene rings is 1. The van der Waals surface area contributed by atoms with Gasteiger partial charge in [-0.2, -0.15) is 0 Å². The van der Waals surface area contributed by atoms with Crippen molar-refractivity contribution in [2.24, 2.45) is 16.8 Å². The number of carbonyl (C=O) groups excluding carboxylic acids is 1. The predicted octanol–water partition coefficient (Wildman–Crippen LogP) is 3.93. The second kappa shape index (κ2) is 13.0. The second-order valence-electron chi connectivity index (χ2n) is 7.82. The molecule has 0 aliphatic heterocycles. The fourth-order valence-electron chi connectivity index (χ4n) is 3.66. The Morgan fingerprint density at radius 1 is 1.21 bits per heavy atom. The Kier molecular flexibility index (Phi) is 11.5. The lowest BCUT2D eigenvalue weighted by molar-refractivity contribution is 0.0827. The third-order valence-corrected chi connectivity index (χ3v) is 5.40. The summed E-state index contributed by atoms with van der Waals surface area (Å²) in [5, 5.41) is 6.78. The lowest BCUT2D eigenvalue weighted by Crippen LogP contribution is -2.39. The molecule has 0 spiro atoms. The molecule has 1 amide bonds. The zero-order chi connectivity index (χ0) is 19.6. The molecule has 2 unspecified atom stereocenters. The van der Waals surface area contributed by atoms with Gasteiger partial charge in [0.2, 0.25) is 0 Å². The van der Waals surface area contributed by atoms with Crippen molar-refractivity contribution in [1.29, 1.82) is 0 Å². The molecule has 0 aromatic heterocycles. The highest BCUT2D eigenvalue weighted by atomic mass is 127. The third-order valence-electron chi connectivity index (χ3n) is 5.40. The number of guanidine groups is 1. The molecule has 1 saturated carbocycles. The topological polar surface area (TPSA) is 56.7 Å². The Balaban J connectivity index is 0.00000392. The Morgan fingerprint density at radius 2 is 1.96 bits per heavy atom. The minimum absolute atomic E-state index is 0. The van der Waals surface area contributed by atoms with Gasteiger partial charge in [-0.3, -0.25) is 9.79 Å². The van der Waals surface area contributed by atoms with Crippen molar-refractivity contribution >= 4 is 35.8 Å². The van der Waals surface area contributed by atoms with Gasteiger partial charge in [-0.05, 0) is 49.3 Å². The van der Waals surface area contributed by atoms with Gasteiger partial charge in [0.15, 0.2) is 5.96 Å². The fraction of sp³-hybridized carbons (Fsp3) is 0.636. The molecule has 2 N–H and O–H groups in total. The van der Waals surface area contributed by atoms with Gasteiger partial charge in [-0.25, -0.2) is 0 Å². The van der Waals surface area contributed by atoms with E-state index in [4.69, 9.17) is 4.99 Å². The molecule has 2 atom stereocenters. The number of carbonyl (C=O) groups is 1. The van der Waals surface area contributed by atoms with Crippen molar-refractivity contribution in [2.45, 2.75) is 46.0 Å². The first-order valence-corrected chi connectivity index (χ1v) is 10.3. The summed E-state index contributed by atoms with van der Waals surface area (Å²) in [5.41, 5.74) is 1.90. The molecule has 1 aromatic carbocycles. The minimum Gasteiger partial charge on any atom is -0.357 e. The van der Waals surface area contributed by atoms with Crippen molar-refractivity contribution in [2.75, 3.05) is 33.7 Å². The number of rotatable bonds is 7. The highest BCUT2D eigenvalue weighted by Crippen LogP contribution is 2.29. The molecular weight excluding hydrogens is 463 g/mol. The molecule has 0 saturated heterocycles. The maximum Gasteiger partial charge on any atom is 0.253 e. The first-order valence-electron chi connectivity index (χ1n) is 10.3. The van der Waals surface area contributed by atoms with Gasteiger partial charge in [-0.1, -0.05) is 38.3 Å². The smallest absolute Gasteiger partial charge is 0.253 e. The molecule has 28 heavy (non-hydrogen) atoms. The number of nitrogens with one attached hydrogen (secondary N) is 2. The maximum absolute atomic E-state index is 12.1. The normalized spacial score (nSPS) is 19.5. The molecule has 6 heteroatoms. The zero-order valence-electron chi connectivity index (χ0n) is 17.8. The van der Waals surface area contributed by atoms with Gasteiger partial charge in [0.1, 0.15) is 0 Å². The molecule has 0 heterocycles. The minimum atomic E-state index is 0. The summed E-state index contributed by atoms with van der Waals surface area (Å²) < 4.78 is 0. The lowest BCUT2D eigenvalue weighted by Gasteiger charge is -2.27. The zero-order valence-corrected chi connectivity index (χ0v) is 20.2. The van der Waals surface area contributed by atoms with Gasteiger partial charge in [-0.15, -0.1) is 24.0 Å². The molecule has 158 valence electrons. The highest BCUT2D eigenvalue weighted by Gasteiger charge is 2.20. The van der Waals surface area contributed by atoms with E-state index in [1.165, 1.54) is 25.7 Å². The summed E-state index contributed by atoms with van der Waals surface area (Å²) in [5.74, 6) is 2.43. The van der Waals surface area contributed by atoms with E-state index in [1.54, 1.807) is 19.0 Å². The summed E-state index contributed by atoms with van der Waals surface area (Å²) in [6.45, 7) is 7.02. The molecular formula is C22H37IN4O. The van der Waals surface area contributed by atoms with E-state index in [1.807, 2.05) is 18.2 Å². The van der Waals surface area contributed by atoms with Crippen LogP contribution in [0, 0.1) is 11.8 Å². The number of aliphatic imine (C=N–C) groups is 1. The average molecular weight is 500 g/mol. The first kappa shape index (κ1) is 24.7. The van der Waals surface area contributed by atoms with E-state index >= 15 is 0 Å². The molecule has 1 aliphatic rings. The third kappa shape index (κ3) is 7.97. The molecule has 1 aromatic rings. The van der Waals surface area contributed by atoms with E-state index < -0.39 is 0 Å². The Hall–Kier alpha value is -1.31. The molecule has 1 aliphatic carbocycles. The first-order chi connectivity index (χ1) is 13.0. The molecule has 1 fully saturated rings. The molecule has 0 bridgehead atoms. The van der Waals surface area contributed by atoms with E-state index in [9.17, 15) is 4.79 Å². The average Bonchev–Trinajstić information content (AvgIpc) is 2.66. The van der Waals surface area contributed by atoms with Crippen LogP contribution in [0.15, 0.2) is 29.3 Å². The number of amides is 1. The Morgan fingerprint density at radius 3 is 2.64 bits per heavy atom. The predicted molar refractivity (Wildman–Crippen MR) is 129 cm³/mol. The van der Waals surface area contributed by atoms with Crippen molar-refractivity contribution in [3.05, 3.63) is 35.4 Å². The maximum atomic E-state index is 12.1. The Labute approximate surface area is 187 Å². The van der Waals surface area contributed by atoms with Crippen LogP contribution >= 0.6 is 24.0 Å². The molecule has 0 radical (unpaired) electrons. The van der Waals surface area contributed by atoms with Crippen LogP contribution in [0.2, 0.25) is 0 Å². The van der Waals surface area contributed by atoms with Gasteiger partial charge >= 0.3 is 0 Å². The van der Waals surface area contributed by atoms with E-state index in [-0.39, 0.29) is 29.9 Å². The molecule has 2 rings (SSSR count). The van der Waals surface area contributed by atoms with Crippen LogP contribution in [0.5, 0.6) is 0 Å². The van der Waals surface area contributed by atoms with Crippen molar-refractivity contribution < 1.29 is 4.79 Å². The highest BCUT2D eigenvalue weighted by molar-refractivity contribution is 14.0. The van der Waals surface area contributed by atoms with Crippen molar-refractivity contribution in [3.63, 3.8) is 0 Å². The SMILES string of the molecule is CCNC(=NCC1CCCCC1C)NCCc1cccc(C(=O)N(C)C)c1.I. The van der Waals surface area contributed by atoms with E-state index in [2.05, 4.69) is 30.5 Å². The quantitative estimate of drug-likeness (QED) is 0.339.